The second-order valence-electron chi connectivity index (χ2n) is 4.35. The third kappa shape index (κ3) is 2.41. The highest BCUT2D eigenvalue weighted by atomic mass is 14.7. The zero-order chi connectivity index (χ0) is 13.0. The molecular formula is C16H16N2. The van der Waals surface area contributed by atoms with Crippen molar-refractivity contribution in [3.05, 3.63) is 58.7 Å². The van der Waals surface area contributed by atoms with Crippen molar-refractivity contribution in [2.24, 2.45) is 4.99 Å². The summed E-state index contributed by atoms with van der Waals surface area (Å²) in [4.78, 5) is 4.41. The quantitative estimate of drug-likeness (QED) is 0.722. The van der Waals surface area contributed by atoms with Crippen LogP contribution in [0.1, 0.15) is 30.9 Å². The maximum absolute atomic E-state index is 8.96. The third-order valence-electron chi connectivity index (χ3n) is 3.13. The van der Waals surface area contributed by atoms with Gasteiger partial charge in [0.2, 0.25) is 0 Å². The molecule has 0 radical (unpaired) electrons. The van der Waals surface area contributed by atoms with Gasteiger partial charge in [-0.05, 0) is 43.0 Å². The van der Waals surface area contributed by atoms with Crippen LogP contribution in [0.4, 0.5) is 0 Å². The molecule has 1 aliphatic carbocycles. The Bertz CT molecular complexity index is 583. The summed E-state index contributed by atoms with van der Waals surface area (Å²) in [5.41, 5.74) is 5.12. The molecule has 1 aliphatic rings. The minimum absolute atomic E-state index is 0.673. The van der Waals surface area contributed by atoms with E-state index in [0.29, 0.717) is 5.56 Å². The number of aliphatic imine (C=N–C) groups is 1. The predicted molar refractivity (Wildman–Crippen MR) is 74.7 cm³/mol. The second-order valence-corrected chi connectivity index (χ2v) is 4.35. The lowest BCUT2D eigenvalue weighted by molar-refractivity contribution is 1.01. The molecule has 0 bridgehead atoms. The summed E-state index contributed by atoms with van der Waals surface area (Å²) < 4.78 is 0. The second kappa shape index (κ2) is 5.46. The predicted octanol–water partition coefficient (Wildman–Crippen LogP) is 3.64. The van der Waals surface area contributed by atoms with Gasteiger partial charge in [-0.25, -0.2) is 0 Å². The van der Waals surface area contributed by atoms with Gasteiger partial charge in [0, 0.05) is 12.6 Å². The van der Waals surface area contributed by atoms with Crippen LogP contribution in [-0.4, -0.2) is 12.8 Å². The summed E-state index contributed by atoms with van der Waals surface area (Å²) >= 11 is 0. The first-order valence-corrected chi connectivity index (χ1v) is 6.11. The molecule has 1 aromatic rings. The Hall–Kier alpha value is -2.14. The van der Waals surface area contributed by atoms with Crippen molar-refractivity contribution in [1.29, 1.82) is 5.26 Å². The number of benzene rings is 1. The van der Waals surface area contributed by atoms with Crippen LogP contribution in [0.25, 0.3) is 0 Å². The van der Waals surface area contributed by atoms with E-state index in [1.807, 2.05) is 24.3 Å². The third-order valence-corrected chi connectivity index (χ3v) is 3.13. The maximum atomic E-state index is 8.96. The highest BCUT2D eigenvalue weighted by Gasteiger charge is 2.13. The Morgan fingerprint density at radius 3 is 2.72 bits per heavy atom. The highest BCUT2D eigenvalue weighted by Crippen LogP contribution is 2.23. The monoisotopic (exact) mass is 236 g/mol. The van der Waals surface area contributed by atoms with Gasteiger partial charge in [0.25, 0.3) is 0 Å². The van der Waals surface area contributed by atoms with Gasteiger partial charge in [0.15, 0.2) is 0 Å². The van der Waals surface area contributed by atoms with E-state index in [1.165, 1.54) is 11.1 Å². The van der Waals surface area contributed by atoms with Crippen molar-refractivity contribution in [3.63, 3.8) is 0 Å². The number of hydrogen-bond donors (Lipinski definition) is 0. The normalized spacial score (nSPS) is 15.7. The van der Waals surface area contributed by atoms with Gasteiger partial charge in [-0.3, -0.25) is 4.99 Å². The van der Waals surface area contributed by atoms with E-state index in [4.69, 9.17) is 5.26 Å². The molecule has 2 rings (SSSR count). The first-order chi connectivity index (χ1) is 8.76. The van der Waals surface area contributed by atoms with Crippen LogP contribution in [0.3, 0.4) is 0 Å². The number of nitriles is 1. The van der Waals surface area contributed by atoms with Gasteiger partial charge in [-0.1, -0.05) is 24.3 Å². The van der Waals surface area contributed by atoms with Crippen LogP contribution in [-0.2, 0) is 0 Å². The van der Waals surface area contributed by atoms with E-state index in [1.54, 1.807) is 7.05 Å². The summed E-state index contributed by atoms with van der Waals surface area (Å²) in [7, 11) is 1.80. The van der Waals surface area contributed by atoms with E-state index in [-0.39, 0.29) is 0 Å². The molecule has 0 aliphatic heterocycles. The Kier molecular flexibility index (Phi) is 3.74. The standard InChI is InChI=1S/C16H16N2/c1-12-6-3-4-9-15(12)16(18-2)14-8-5-7-13(10-14)11-17/h5-10H,3-4H2,1-2H3. The van der Waals surface area contributed by atoms with Gasteiger partial charge in [-0.15, -0.1) is 0 Å². The largest absolute Gasteiger partial charge is 0.287 e. The van der Waals surface area contributed by atoms with Crippen molar-refractivity contribution in [1.82, 2.24) is 0 Å². The molecule has 2 heteroatoms. The number of allylic oxidation sites excluding steroid dienone is 4. The fourth-order valence-corrected chi connectivity index (χ4v) is 2.22. The first-order valence-electron chi connectivity index (χ1n) is 6.11. The van der Waals surface area contributed by atoms with Crippen LogP contribution >= 0.6 is 0 Å². The molecule has 90 valence electrons. The van der Waals surface area contributed by atoms with Crippen LogP contribution in [0.5, 0.6) is 0 Å². The lowest BCUT2D eigenvalue weighted by Gasteiger charge is -2.15. The average molecular weight is 236 g/mol. The van der Waals surface area contributed by atoms with Gasteiger partial charge in [0.05, 0.1) is 17.3 Å². The van der Waals surface area contributed by atoms with Crippen molar-refractivity contribution in [2.45, 2.75) is 19.8 Å². The van der Waals surface area contributed by atoms with E-state index in [9.17, 15) is 0 Å². The molecular weight excluding hydrogens is 220 g/mol. The van der Waals surface area contributed by atoms with E-state index in [0.717, 1.165) is 24.1 Å². The van der Waals surface area contributed by atoms with E-state index < -0.39 is 0 Å². The molecule has 0 heterocycles. The fraction of sp³-hybridized carbons (Fsp3) is 0.250. The van der Waals surface area contributed by atoms with Crippen molar-refractivity contribution in [3.8, 4) is 6.07 Å². The summed E-state index contributed by atoms with van der Waals surface area (Å²) in [6.07, 6.45) is 6.64. The Morgan fingerprint density at radius 1 is 1.28 bits per heavy atom. The Balaban J connectivity index is 2.44. The topological polar surface area (TPSA) is 36.1 Å². The van der Waals surface area contributed by atoms with E-state index in [2.05, 4.69) is 30.1 Å². The Morgan fingerprint density at radius 2 is 2.06 bits per heavy atom. The molecule has 18 heavy (non-hydrogen) atoms. The smallest absolute Gasteiger partial charge is 0.0991 e. The van der Waals surface area contributed by atoms with Gasteiger partial charge in [-0.2, -0.15) is 5.26 Å². The summed E-state index contributed by atoms with van der Waals surface area (Å²) in [5.74, 6) is 0. The molecule has 0 fully saturated rings. The van der Waals surface area contributed by atoms with Gasteiger partial charge < -0.3 is 0 Å². The van der Waals surface area contributed by atoms with Gasteiger partial charge in [0.1, 0.15) is 0 Å². The van der Waals surface area contributed by atoms with Gasteiger partial charge >= 0.3 is 0 Å². The number of nitrogens with zero attached hydrogens (tertiary/aromatic N) is 2. The highest BCUT2D eigenvalue weighted by molar-refractivity contribution is 6.15. The molecule has 0 aromatic heterocycles. The lowest BCUT2D eigenvalue weighted by Crippen LogP contribution is -2.08. The zero-order valence-electron chi connectivity index (χ0n) is 10.8. The average Bonchev–Trinajstić information content (AvgIpc) is 2.42. The molecule has 0 saturated heterocycles. The maximum Gasteiger partial charge on any atom is 0.0991 e. The summed E-state index contributed by atoms with van der Waals surface area (Å²) in [6.45, 7) is 2.12. The summed E-state index contributed by atoms with van der Waals surface area (Å²) in [5, 5.41) is 8.96. The SMILES string of the molecule is CN=C(C1=CCCC=C1C)c1cccc(C#N)c1. The Labute approximate surface area is 108 Å². The van der Waals surface area contributed by atoms with Crippen molar-refractivity contribution in [2.75, 3.05) is 7.05 Å². The lowest BCUT2D eigenvalue weighted by atomic mass is 9.91. The molecule has 0 unspecified atom stereocenters. The number of hydrogen-bond acceptors (Lipinski definition) is 2. The zero-order valence-corrected chi connectivity index (χ0v) is 10.8. The molecule has 0 amide bonds. The van der Waals surface area contributed by atoms with Crippen molar-refractivity contribution < 1.29 is 0 Å². The molecule has 0 N–H and O–H groups in total. The molecule has 1 aromatic carbocycles. The fourth-order valence-electron chi connectivity index (χ4n) is 2.22. The molecule has 2 nitrogen and oxygen atoms in total. The first kappa shape index (κ1) is 12.3. The number of rotatable bonds is 2. The van der Waals surface area contributed by atoms with Crippen LogP contribution < -0.4 is 0 Å². The van der Waals surface area contributed by atoms with Crippen LogP contribution in [0.15, 0.2) is 52.6 Å². The van der Waals surface area contributed by atoms with Crippen LogP contribution in [0.2, 0.25) is 0 Å². The minimum Gasteiger partial charge on any atom is -0.287 e. The molecule has 0 saturated carbocycles. The molecule has 0 spiro atoms. The molecule has 0 atom stereocenters. The van der Waals surface area contributed by atoms with Crippen LogP contribution in [0, 0.1) is 11.3 Å². The summed E-state index contributed by atoms with van der Waals surface area (Å²) in [6, 6.07) is 9.79. The van der Waals surface area contributed by atoms with Crippen molar-refractivity contribution >= 4 is 5.71 Å². The van der Waals surface area contributed by atoms with E-state index >= 15 is 0 Å². The minimum atomic E-state index is 0.673.